The summed E-state index contributed by atoms with van der Waals surface area (Å²) in [5, 5.41) is 0. The Morgan fingerprint density at radius 3 is 2.53 bits per heavy atom. The highest BCUT2D eigenvalue weighted by molar-refractivity contribution is 5.34. The Morgan fingerprint density at radius 1 is 1.05 bits per heavy atom. The Balaban J connectivity index is 2.12. The van der Waals surface area contributed by atoms with E-state index in [0.717, 1.165) is 22.3 Å². The van der Waals surface area contributed by atoms with Gasteiger partial charge in [0.05, 0.1) is 0 Å². The van der Waals surface area contributed by atoms with Gasteiger partial charge in [0, 0.05) is 12.6 Å². The lowest BCUT2D eigenvalue weighted by atomic mass is 10.1. The highest BCUT2D eigenvalue weighted by Crippen LogP contribution is 2.21. The van der Waals surface area contributed by atoms with Crippen molar-refractivity contribution in [3.05, 3.63) is 64.5 Å². The molecule has 2 rings (SSSR count). The van der Waals surface area contributed by atoms with Gasteiger partial charge in [-0.2, -0.15) is 0 Å². The molecule has 0 aliphatic rings. The molecule has 0 spiro atoms. The predicted molar refractivity (Wildman–Crippen MR) is 74.5 cm³/mol. The van der Waals surface area contributed by atoms with Gasteiger partial charge in [-0.05, 0) is 42.2 Å². The first-order chi connectivity index (χ1) is 9.10. The topological polar surface area (TPSA) is 35.2 Å². The number of rotatable bonds is 4. The molecule has 2 aromatic rings. The average Bonchev–Trinajstić information content (AvgIpc) is 2.40. The standard InChI is InChI=1S/C16H18FNO/c1-11-3-6-15(17)8-16(11)19-10-14-5-4-13(9-18)7-12(14)2/h3-8H,9-10,18H2,1-2H3. The number of hydrogen-bond acceptors (Lipinski definition) is 2. The lowest BCUT2D eigenvalue weighted by Gasteiger charge is -2.11. The molecule has 2 N–H and O–H groups in total. The fourth-order valence-corrected chi connectivity index (χ4v) is 1.93. The summed E-state index contributed by atoms with van der Waals surface area (Å²) in [6.07, 6.45) is 0. The highest BCUT2D eigenvalue weighted by atomic mass is 19.1. The molecule has 0 unspecified atom stereocenters. The first-order valence-electron chi connectivity index (χ1n) is 6.27. The smallest absolute Gasteiger partial charge is 0.126 e. The molecule has 0 atom stereocenters. The van der Waals surface area contributed by atoms with Gasteiger partial charge in [-0.15, -0.1) is 0 Å². The zero-order valence-corrected chi connectivity index (χ0v) is 11.2. The van der Waals surface area contributed by atoms with Gasteiger partial charge in [-0.25, -0.2) is 4.39 Å². The SMILES string of the molecule is Cc1cc(CN)ccc1COc1cc(F)ccc1C. The van der Waals surface area contributed by atoms with Gasteiger partial charge < -0.3 is 10.5 Å². The molecular formula is C16H18FNO. The van der Waals surface area contributed by atoms with Gasteiger partial charge in [0.15, 0.2) is 0 Å². The molecule has 0 radical (unpaired) electrons. The molecule has 2 nitrogen and oxygen atoms in total. The molecule has 0 amide bonds. The minimum atomic E-state index is -0.282. The van der Waals surface area contributed by atoms with E-state index in [-0.39, 0.29) is 5.82 Å². The van der Waals surface area contributed by atoms with Gasteiger partial charge in [0.2, 0.25) is 0 Å². The van der Waals surface area contributed by atoms with Crippen molar-refractivity contribution in [1.29, 1.82) is 0 Å². The highest BCUT2D eigenvalue weighted by Gasteiger charge is 2.04. The largest absolute Gasteiger partial charge is 0.489 e. The van der Waals surface area contributed by atoms with Crippen molar-refractivity contribution in [1.82, 2.24) is 0 Å². The first kappa shape index (κ1) is 13.6. The van der Waals surface area contributed by atoms with Crippen LogP contribution in [-0.4, -0.2) is 0 Å². The van der Waals surface area contributed by atoms with E-state index in [1.165, 1.54) is 12.1 Å². The number of ether oxygens (including phenoxy) is 1. The van der Waals surface area contributed by atoms with E-state index in [2.05, 4.69) is 6.07 Å². The van der Waals surface area contributed by atoms with E-state index in [1.54, 1.807) is 6.07 Å². The number of aryl methyl sites for hydroxylation is 2. The van der Waals surface area contributed by atoms with Crippen LogP contribution in [0.3, 0.4) is 0 Å². The van der Waals surface area contributed by atoms with E-state index in [4.69, 9.17) is 10.5 Å². The fourth-order valence-electron chi connectivity index (χ4n) is 1.93. The molecule has 0 aliphatic heterocycles. The zero-order chi connectivity index (χ0) is 13.8. The van der Waals surface area contributed by atoms with E-state index in [9.17, 15) is 4.39 Å². The Labute approximate surface area is 113 Å². The maximum atomic E-state index is 13.2. The van der Waals surface area contributed by atoms with Crippen LogP contribution in [0, 0.1) is 19.7 Å². The second-order valence-corrected chi connectivity index (χ2v) is 4.66. The van der Waals surface area contributed by atoms with E-state index < -0.39 is 0 Å². The predicted octanol–water partition coefficient (Wildman–Crippen LogP) is 3.48. The van der Waals surface area contributed by atoms with Gasteiger partial charge in [0.25, 0.3) is 0 Å². The first-order valence-corrected chi connectivity index (χ1v) is 6.27. The molecule has 0 aliphatic carbocycles. The van der Waals surface area contributed by atoms with E-state index >= 15 is 0 Å². The molecule has 0 saturated heterocycles. The molecule has 100 valence electrons. The summed E-state index contributed by atoms with van der Waals surface area (Å²) < 4.78 is 18.8. The summed E-state index contributed by atoms with van der Waals surface area (Å²) in [5.74, 6) is 0.304. The Morgan fingerprint density at radius 2 is 1.84 bits per heavy atom. The van der Waals surface area contributed by atoms with Crippen molar-refractivity contribution in [2.45, 2.75) is 27.0 Å². The molecule has 0 fully saturated rings. The number of halogens is 1. The van der Waals surface area contributed by atoms with Crippen molar-refractivity contribution >= 4 is 0 Å². The van der Waals surface area contributed by atoms with Crippen molar-refractivity contribution in [2.24, 2.45) is 5.73 Å². The third kappa shape index (κ3) is 3.32. The molecule has 0 bridgehead atoms. The van der Waals surface area contributed by atoms with Gasteiger partial charge in [0.1, 0.15) is 18.2 Å². The normalized spacial score (nSPS) is 10.5. The zero-order valence-electron chi connectivity index (χ0n) is 11.2. The van der Waals surface area contributed by atoms with Crippen LogP contribution in [0.25, 0.3) is 0 Å². The van der Waals surface area contributed by atoms with Crippen LogP contribution in [0.5, 0.6) is 5.75 Å². The van der Waals surface area contributed by atoms with Crippen LogP contribution in [0.15, 0.2) is 36.4 Å². The van der Waals surface area contributed by atoms with Crippen LogP contribution in [0.1, 0.15) is 22.3 Å². The van der Waals surface area contributed by atoms with E-state index in [0.29, 0.717) is 18.9 Å². The molecule has 2 aromatic carbocycles. The van der Waals surface area contributed by atoms with E-state index in [1.807, 2.05) is 26.0 Å². The molecule has 0 aromatic heterocycles. The molecular weight excluding hydrogens is 241 g/mol. The fraction of sp³-hybridized carbons (Fsp3) is 0.250. The van der Waals surface area contributed by atoms with Crippen molar-refractivity contribution < 1.29 is 9.13 Å². The second-order valence-electron chi connectivity index (χ2n) is 4.66. The minimum absolute atomic E-state index is 0.282. The van der Waals surface area contributed by atoms with Crippen LogP contribution in [0.4, 0.5) is 4.39 Å². The van der Waals surface area contributed by atoms with Gasteiger partial charge >= 0.3 is 0 Å². The van der Waals surface area contributed by atoms with Crippen LogP contribution < -0.4 is 10.5 Å². The average molecular weight is 259 g/mol. The van der Waals surface area contributed by atoms with Crippen molar-refractivity contribution in [2.75, 3.05) is 0 Å². The van der Waals surface area contributed by atoms with Crippen molar-refractivity contribution in [3.63, 3.8) is 0 Å². The number of hydrogen-bond donors (Lipinski definition) is 1. The maximum Gasteiger partial charge on any atom is 0.126 e. The quantitative estimate of drug-likeness (QED) is 0.912. The third-order valence-electron chi connectivity index (χ3n) is 3.18. The van der Waals surface area contributed by atoms with Crippen LogP contribution in [-0.2, 0) is 13.2 Å². The summed E-state index contributed by atoms with van der Waals surface area (Å²) in [6.45, 7) is 4.89. The van der Waals surface area contributed by atoms with Crippen LogP contribution >= 0.6 is 0 Å². The van der Waals surface area contributed by atoms with Gasteiger partial charge in [-0.3, -0.25) is 0 Å². The van der Waals surface area contributed by atoms with Gasteiger partial charge in [-0.1, -0.05) is 24.3 Å². The summed E-state index contributed by atoms with van der Waals surface area (Å²) in [5.41, 5.74) is 9.85. The molecule has 0 heterocycles. The summed E-state index contributed by atoms with van der Waals surface area (Å²) in [6, 6.07) is 10.6. The lowest BCUT2D eigenvalue weighted by Crippen LogP contribution is -2.02. The summed E-state index contributed by atoms with van der Waals surface area (Å²) >= 11 is 0. The molecule has 0 saturated carbocycles. The summed E-state index contributed by atoms with van der Waals surface area (Å²) in [4.78, 5) is 0. The van der Waals surface area contributed by atoms with Crippen LogP contribution in [0.2, 0.25) is 0 Å². The number of benzene rings is 2. The Hall–Kier alpha value is -1.87. The second kappa shape index (κ2) is 5.85. The Bertz CT molecular complexity index is 581. The molecule has 19 heavy (non-hydrogen) atoms. The third-order valence-corrected chi connectivity index (χ3v) is 3.18. The Kier molecular flexibility index (Phi) is 4.17. The summed E-state index contributed by atoms with van der Waals surface area (Å²) in [7, 11) is 0. The maximum absolute atomic E-state index is 13.2. The lowest BCUT2D eigenvalue weighted by molar-refractivity contribution is 0.301. The van der Waals surface area contributed by atoms with Crippen molar-refractivity contribution in [3.8, 4) is 5.75 Å². The number of nitrogens with two attached hydrogens (primary N) is 1. The monoisotopic (exact) mass is 259 g/mol. The molecule has 3 heteroatoms. The minimum Gasteiger partial charge on any atom is -0.489 e.